The number of methoxy groups -OCH3 is 1. The molecule has 1 saturated carbocycles. The van der Waals surface area contributed by atoms with Crippen molar-refractivity contribution in [1.82, 2.24) is 0 Å². The predicted molar refractivity (Wildman–Crippen MR) is 55.0 cm³/mol. The van der Waals surface area contributed by atoms with Gasteiger partial charge in [-0.1, -0.05) is 12.2 Å². The lowest BCUT2D eigenvalue weighted by Crippen LogP contribution is -2.44. The summed E-state index contributed by atoms with van der Waals surface area (Å²) >= 11 is 0. The van der Waals surface area contributed by atoms with E-state index in [-0.39, 0.29) is 35.4 Å². The number of ketones is 1. The number of carbonyl (C=O) groups excluding carboxylic acids is 2. The fraction of sp³-hybridized carbons (Fsp3) is 0.667. The molecular formula is C12H16O3. The van der Waals surface area contributed by atoms with E-state index in [9.17, 15) is 9.59 Å². The summed E-state index contributed by atoms with van der Waals surface area (Å²) in [6, 6.07) is 0. The van der Waals surface area contributed by atoms with E-state index in [0.29, 0.717) is 0 Å². The van der Waals surface area contributed by atoms with Crippen molar-refractivity contribution in [1.29, 1.82) is 0 Å². The van der Waals surface area contributed by atoms with Crippen molar-refractivity contribution < 1.29 is 14.3 Å². The average molecular weight is 208 g/mol. The number of Topliss-reactive ketones (excluding diaryl/α,β-unsaturated/α-hetero) is 1. The zero-order valence-electron chi connectivity index (χ0n) is 9.10. The van der Waals surface area contributed by atoms with Gasteiger partial charge in [-0.3, -0.25) is 9.59 Å². The molecule has 4 atom stereocenters. The second-order valence-electron chi connectivity index (χ2n) is 4.48. The van der Waals surface area contributed by atoms with Crippen molar-refractivity contribution in [3.8, 4) is 0 Å². The molecule has 3 heteroatoms. The molecule has 0 saturated heterocycles. The molecular weight excluding hydrogens is 192 g/mol. The Labute approximate surface area is 89.5 Å². The highest BCUT2D eigenvalue weighted by Gasteiger charge is 2.47. The smallest absolute Gasteiger partial charge is 0.310 e. The highest BCUT2D eigenvalue weighted by atomic mass is 16.5. The van der Waals surface area contributed by atoms with Gasteiger partial charge >= 0.3 is 5.97 Å². The Balaban J connectivity index is 2.30. The summed E-state index contributed by atoms with van der Waals surface area (Å²) in [5, 5.41) is 0. The number of allylic oxidation sites excluding steroid dienone is 2. The van der Waals surface area contributed by atoms with E-state index in [2.05, 4.69) is 12.2 Å². The number of esters is 1. The fourth-order valence-corrected chi connectivity index (χ4v) is 3.01. The summed E-state index contributed by atoms with van der Waals surface area (Å²) in [6.45, 7) is 1.58. The zero-order chi connectivity index (χ0) is 11.0. The molecule has 3 rings (SSSR count). The first-order valence-corrected chi connectivity index (χ1v) is 5.41. The van der Waals surface area contributed by atoms with Crippen molar-refractivity contribution in [3.05, 3.63) is 12.2 Å². The third kappa shape index (κ3) is 1.60. The maximum absolute atomic E-state index is 11.7. The number of hydrogen-bond acceptors (Lipinski definition) is 3. The molecule has 15 heavy (non-hydrogen) atoms. The Morgan fingerprint density at radius 2 is 1.67 bits per heavy atom. The zero-order valence-corrected chi connectivity index (χ0v) is 9.10. The molecule has 0 N–H and O–H groups in total. The molecule has 2 bridgehead atoms. The summed E-state index contributed by atoms with van der Waals surface area (Å²) in [5.41, 5.74) is 0. The van der Waals surface area contributed by atoms with E-state index < -0.39 is 0 Å². The monoisotopic (exact) mass is 208 g/mol. The van der Waals surface area contributed by atoms with Crippen molar-refractivity contribution in [2.75, 3.05) is 7.11 Å². The van der Waals surface area contributed by atoms with E-state index in [0.717, 1.165) is 12.8 Å². The number of fused-ring (bicyclic) bond motifs is 2. The van der Waals surface area contributed by atoms with Gasteiger partial charge in [-0.05, 0) is 31.6 Å². The molecule has 0 spiro atoms. The van der Waals surface area contributed by atoms with Gasteiger partial charge in [0.05, 0.1) is 13.0 Å². The minimum absolute atomic E-state index is 0.115. The van der Waals surface area contributed by atoms with Gasteiger partial charge in [-0.25, -0.2) is 0 Å². The lowest BCUT2D eigenvalue weighted by atomic mass is 9.61. The largest absolute Gasteiger partial charge is 0.469 e. The number of rotatable bonds is 2. The third-order valence-corrected chi connectivity index (χ3v) is 3.69. The molecule has 1 fully saturated rings. The van der Waals surface area contributed by atoms with Gasteiger partial charge in [0, 0.05) is 5.92 Å². The highest BCUT2D eigenvalue weighted by molar-refractivity contribution is 5.86. The van der Waals surface area contributed by atoms with Crippen LogP contribution in [-0.2, 0) is 14.3 Å². The highest BCUT2D eigenvalue weighted by Crippen LogP contribution is 2.45. The molecule has 3 nitrogen and oxygen atoms in total. The molecule has 0 unspecified atom stereocenters. The number of carbonyl (C=O) groups is 2. The predicted octanol–water partition coefficient (Wildman–Crippen LogP) is 1.58. The standard InChI is InChI=1S/C12H16O3/c1-7(13)10-8-3-5-9(6-4-8)11(10)12(14)15-2/h3,5,8-11H,4,6H2,1-2H3/t8-,9+,10-,11-/m1/s1. The van der Waals surface area contributed by atoms with Gasteiger partial charge < -0.3 is 4.74 Å². The van der Waals surface area contributed by atoms with Gasteiger partial charge in [0.15, 0.2) is 0 Å². The van der Waals surface area contributed by atoms with E-state index >= 15 is 0 Å². The van der Waals surface area contributed by atoms with Crippen molar-refractivity contribution in [3.63, 3.8) is 0 Å². The average Bonchev–Trinajstić information content (AvgIpc) is 2.28. The third-order valence-electron chi connectivity index (χ3n) is 3.69. The summed E-state index contributed by atoms with van der Waals surface area (Å²) < 4.78 is 4.80. The summed E-state index contributed by atoms with van der Waals surface area (Å²) in [7, 11) is 1.39. The molecule has 0 radical (unpaired) electrons. The molecule has 3 aliphatic rings. The fourth-order valence-electron chi connectivity index (χ4n) is 3.01. The van der Waals surface area contributed by atoms with E-state index in [1.54, 1.807) is 6.92 Å². The first kappa shape index (κ1) is 10.4. The molecule has 0 heterocycles. The Hall–Kier alpha value is -1.12. The Morgan fingerprint density at radius 1 is 1.13 bits per heavy atom. The second-order valence-corrected chi connectivity index (χ2v) is 4.48. The molecule has 0 aromatic carbocycles. The molecule has 0 aromatic rings. The van der Waals surface area contributed by atoms with E-state index in [1.807, 2.05) is 0 Å². The van der Waals surface area contributed by atoms with Crippen LogP contribution < -0.4 is 0 Å². The molecule has 3 aliphatic carbocycles. The van der Waals surface area contributed by atoms with E-state index in [1.165, 1.54) is 7.11 Å². The summed E-state index contributed by atoms with van der Waals surface area (Å²) in [6.07, 6.45) is 6.21. The van der Waals surface area contributed by atoms with Gasteiger partial charge in [0.25, 0.3) is 0 Å². The summed E-state index contributed by atoms with van der Waals surface area (Å²) in [4.78, 5) is 23.2. The van der Waals surface area contributed by atoms with Crippen molar-refractivity contribution in [2.45, 2.75) is 19.8 Å². The van der Waals surface area contributed by atoms with E-state index in [4.69, 9.17) is 4.74 Å². The number of ether oxygens (including phenoxy) is 1. The molecule has 0 aromatic heterocycles. The Kier molecular flexibility index (Phi) is 2.63. The van der Waals surface area contributed by atoms with Crippen LogP contribution in [0, 0.1) is 23.7 Å². The maximum atomic E-state index is 11.7. The van der Waals surface area contributed by atoms with Crippen LogP contribution in [0.3, 0.4) is 0 Å². The Morgan fingerprint density at radius 3 is 2.07 bits per heavy atom. The van der Waals surface area contributed by atoms with Gasteiger partial charge in [-0.15, -0.1) is 0 Å². The Bertz CT molecular complexity index is 319. The van der Waals surface area contributed by atoms with Crippen LogP contribution in [0.4, 0.5) is 0 Å². The van der Waals surface area contributed by atoms with Crippen molar-refractivity contribution >= 4 is 11.8 Å². The van der Waals surface area contributed by atoms with Gasteiger partial charge in [0.1, 0.15) is 5.78 Å². The second kappa shape index (κ2) is 3.80. The minimum atomic E-state index is -0.240. The van der Waals surface area contributed by atoms with Gasteiger partial charge in [0.2, 0.25) is 0 Å². The topological polar surface area (TPSA) is 43.4 Å². The van der Waals surface area contributed by atoms with Gasteiger partial charge in [-0.2, -0.15) is 0 Å². The van der Waals surface area contributed by atoms with Crippen LogP contribution in [-0.4, -0.2) is 18.9 Å². The van der Waals surface area contributed by atoms with Crippen LogP contribution in [0.1, 0.15) is 19.8 Å². The summed E-state index contributed by atoms with van der Waals surface area (Å²) in [5.74, 6) is -0.0518. The lowest BCUT2D eigenvalue weighted by Gasteiger charge is -2.42. The first-order valence-electron chi connectivity index (χ1n) is 5.41. The normalized spacial score (nSPS) is 37.7. The van der Waals surface area contributed by atoms with Crippen LogP contribution >= 0.6 is 0 Å². The van der Waals surface area contributed by atoms with Crippen LogP contribution in [0.25, 0.3) is 0 Å². The van der Waals surface area contributed by atoms with Crippen LogP contribution in [0.15, 0.2) is 12.2 Å². The lowest BCUT2D eigenvalue weighted by molar-refractivity contribution is -0.155. The maximum Gasteiger partial charge on any atom is 0.310 e. The molecule has 82 valence electrons. The SMILES string of the molecule is COC(=O)[C@H]1[C@H](C(C)=O)[C@@H]2C=C[C@H]1CC2. The molecule has 0 aliphatic heterocycles. The van der Waals surface area contributed by atoms with Crippen LogP contribution in [0.5, 0.6) is 0 Å². The first-order chi connectivity index (χ1) is 7.15. The van der Waals surface area contributed by atoms with Crippen molar-refractivity contribution in [2.24, 2.45) is 23.7 Å². The minimum Gasteiger partial charge on any atom is -0.469 e. The number of hydrogen-bond donors (Lipinski definition) is 0. The molecule has 0 amide bonds. The quantitative estimate of drug-likeness (QED) is 0.511. The van der Waals surface area contributed by atoms with Crippen LogP contribution in [0.2, 0.25) is 0 Å².